The second-order valence-corrected chi connectivity index (χ2v) is 6.74. The molecule has 2 rings (SSSR count). The summed E-state index contributed by atoms with van der Waals surface area (Å²) in [7, 11) is 0. The Bertz CT molecular complexity index is 702. The number of carbonyl (C=O) groups excluding carboxylic acids is 2. The average Bonchev–Trinajstić information content (AvgIpc) is 2.69. The fraction of sp³-hybridized carbons (Fsp3) is 0.400. The Morgan fingerprint density at radius 2 is 1.78 bits per heavy atom. The fourth-order valence-corrected chi connectivity index (χ4v) is 2.79. The zero-order chi connectivity index (χ0) is 19.5. The van der Waals surface area contributed by atoms with Gasteiger partial charge in [0, 0.05) is 37.8 Å². The van der Waals surface area contributed by atoms with Crippen LogP contribution in [0.4, 0.5) is 4.39 Å². The van der Waals surface area contributed by atoms with Crippen molar-refractivity contribution in [3.8, 4) is 0 Å². The fourth-order valence-electron chi connectivity index (χ4n) is 2.63. The molecule has 0 spiro atoms. The Hall–Kier alpha value is -2.28. The van der Waals surface area contributed by atoms with E-state index in [2.05, 4.69) is 28.6 Å². The largest absolute Gasteiger partial charge is 0.386 e. The van der Waals surface area contributed by atoms with Crippen LogP contribution in [0.15, 0.2) is 42.1 Å². The summed E-state index contributed by atoms with van der Waals surface area (Å²) in [5.74, 6) is 0.352. The first-order chi connectivity index (χ1) is 13.1. The standard InChI is InChI=1S/C20H26FN3O2S/c21-18-7-5-15(6-8-18)16-12-17(14-22-13-16)20(26)24-10-2-1-9-23-19(25)4-3-11-27/h5-8,12-13,22,27H,1-4,9-11,14H2,(H,23,25)(H,24,26). The normalized spacial score (nSPS) is 13.3. The number of thiol groups is 1. The summed E-state index contributed by atoms with van der Waals surface area (Å²) in [6.07, 6.45) is 6.53. The highest BCUT2D eigenvalue weighted by molar-refractivity contribution is 7.80. The molecule has 2 amide bonds. The molecule has 7 heteroatoms. The van der Waals surface area contributed by atoms with Crippen molar-refractivity contribution in [3.63, 3.8) is 0 Å². The van der Waals surface area contributed by atoms with Crippen LogP contribution >= 0.6 is 12.6 Å². The summed E-state index contributed by atoms with van der Waals surface area (Å²) < 4.78 is 13.0. The quantitative estimate of drug-likeness (QED) is 0.366. The van der Waals surface area contributed by atoms with Crippen molar-refractivity contribution in [2.75, 3.05) is 25.4 Å². The number of allylic oxidation sites excluding steroid dienone is 2. The molecule has 1 aromatic rings. The van der Waals surface area contributed by atoms with Gasteiger partial charge in [-0.25, -0.2) is 4.39 Å². The van der Waals surface area contributed by atoms with Gasteiger partial charge >= 0.3 is 0 Å². The van der Waals surface area contributed by atoms with Crippen LogP contribution in [-0.2, 0) is 9.59 Å². The summed E-state index contributed by atoms with van der Waals surface area (Å²) in [4.78, 5) is 23.8. The predicted molar refractivity (Wildman–Crippen MR) is 109 cm³/mol. The molecule has 1 heterocycles. The van der Waals surface area contributed by atoms with Crippen molar-refractivity contribution >= 4 is 30.0 Å². The lowest BCUT2D eigenvalue weighted by molar-refractivity contribution is -0.121. The molecule has 0 saturated carbocycles. The molecule has 0 aromatic heterocycles. The molecule has 0 saturated heterocycles. The number of nitrogens with one attached hydrogen (secondary N) is 3. The number of amides is 2. The third-order valence-corrected chi connectivity index (χ3v) is 4.44. The highest BCUT2D eigenvalue weighted by Gasteiger charge is 2.13. The molecule has 1 aromatic carbocycles. The van der Waals surface area contributed by atoms with E-state index in [9.17, 15) is 14.0 Å². The molecule has 0 unspecified atom stereocenters. The van der Waals surface area contributed by atoms with Gasteiger partial charge in [-0.3, -0.25) is 9.59 Å². The number of benzene rings is 1. The van der Waals surface area contributed by atoms with E-state index in [1.807, 2.05) is 12.3 Å². The molecular weight excluding hydrogens is 365 g/mol. The molecule has 5 nitrogen and oxygen atoms in total. The van der Waals surface area contributed by atoms with E-state index in [1.165, 1.54) is 12.1 Å². The van der Waals surface area contributed by atoms with Crippen LogP contribution in [0.2, 0.25) is 0 Å². The molecule has 0 radical (unpaired) electrons. The van der Waals surface area contributed by atoms with Gasteiger partial charge < -0.3 is 16.0 Å². The number of rotatable bonds is 10. The van der Waals surface area contributed by atoms with Gasteiger partial charge in [0.1, 0.15) is 5.82 Å². The van der Waals surface area contributed by atoms with Crippen molar-refractivity contribution in [2.45, 2.75) is 25.7 Å². The van der Waals surface area contributed by atoms with Gasteiger partial charge in [0.25, 0.3) is 0 Å². The number of dihydropyridines is 1. The molecular formula is C20H26FN3O2S. The zero-order valence-electron chi connectivity index (χ0n) is 15.3. The van der Waals surface area contributed by atoms with Crippen LogP contribution in [0.3, 0.4) is 0 Å². The summed E-state index contributed by atoms with van der Waals surface area (Å²) in [5.41, 5.74) is 2.33. The second kappa shape index (κ2) is 11.4. The molecule has 27 heavy (non-hydrogen) atoms. The number of hydrogen-bond acceptors (Lipinski definition) is 4. The van der Waals surface area contributed by atoms with Gasteiger partial charge in [0.05, 0.1) is 0 Å². The lowest BCUT2D eigenvalue weighted by atomic mass is 10.0. The Kier molecular flexibility index (Phi) is 8.91. The maximum absolute atomic E-state index is 13.0. The highest BCUT2D eigenvalue weighted by Crippen LogP contribution is 2.19. The number of hydrogen-bond donors (Lipinski definition) is 4. The van der Waals surface area contributed by atoms with Crippen LogP contribution in [0, 0.1) is 5.82 Å². The Labute approximate surface area is 164 Å². The van der Waals surface area contributed by atoms with Crippen molar-refractivity contribution in [2.24, 2.45) is 0 Å². The maximum atomic E-state index is 13.0. The monoisotopic (exact) mass is 391 g/mol. The molecule has 1 aliphatic heterocycles. The molecule has 0 aliphatic carbocycles. The van der Waals surface area contributed by atoms with Gasteiger partial charge in [-0.15, -0.1) is 0 Å². The van der Waals surface area contributed by atoms with Gasteiger partial charge in [-0.1, -0.05) is 12.1 Å². The predicted octanol–water partition coefficient (Wildman–Crippen LogP) is 2.42. The van der Waals surface area contributed by atoms with Crippen molar-refractivity contribution in [3.05, 3.63) is 53.5 Å². The van der Waals surface area contributed by atoms with E-state index in [0.29, 0.717) is 37.4 Å². The highest BCUT2D eigenvalue weighted by atomic mass is 32.1. The van der Waals surface area contributed by atoms with Gasteiger partial charge in [0.15, 0.2) is 0 Å². The van der Waals surface area contributed by atoms with Crippen molar-refractivity contribution in [1.29, 1.82) is 0 Å². The van der Waals surface area contributed by atoms with Crippen molar-refractivity contribution in [1.82, 2.24) is 16.0 Å². The third-order valence-electron chi connectivity index (χ3n) is 4.12. The van der Waals surface area contributed by atoms with Crippen LogP contribution in [0.25, 0.3) is 5.57 Å². The Morgan fingerprint density at radius 3 is 2.48 bits per heavy atom. The van der Waals surface area contributed by atoms with Gasteiger partial charge in [0.2, 0.25) is 11.8 Å². The first kappa shape index (κ1) is 21.0. The average molecular weight is 392 g/mol. The van der Waals surface area contributed by atoms with Gasteiger partial charge in [-0.05, 0) is 54.4 Å². The van der Waals surface area contributed by atoms with Crippen molar-refractivity contribution < 1.29 is 14.0 Å². The second-order valence-electron chi connectivity index (χ2n) is 6.30. The number of carbonyl (C=O) groups is 2. The van der Waals surface area contributed by atoms with Crippen LogP contribution in [-0.4, -0.2) is 37.2 Å². The summed E-state index contributed by atoms with van der Waals surface area (Å²) in [6.45, 7) is 1.62. The summed E-state index contributed by atoms with van der Waals surface area (Å²) >= 11 is 4.08. The van der Waals surface area contributed by atoms with Crippen LogP contribution in [0.5, 0.6) is 0 Å². The van der Waals surface area contributed by atoms with E-state index in [1.54, 1.807) is 12.1 Å². The lowest BCUT2D eigenvalue weighted by Crippen LogP contribution is -2.32. The lowest BCUT2D eigenvalue weighted by Gasteiger charge is -2.16. The first-order valence-electron chi connectivity index (χ1n) is 9.16. The van der Waals surface area contributed by atoms with E-state index < -0.39 is 0 Å². The minimum absolute atomic E-state index is 0.0478. The molecule has 146 valence electrons. The Morgan fingerprint density at radius 1 is 1.07 bits per heavy atom. The first-order valence-corrected chi connectivity index (χ1v) is 9.79. The topological polar surface area (TPSA) is 70.2 Å². The molecule has 1 aliphatic rings. The summed E-state index contributed by atoms with van der Waals surface area (Å²) in [5, 5.41) is 8.84. The van der Waals surface area contributed by atoms with Crippen LogP contribution < -0.4 is 16.0 Å². The SMILES string of the molecule is O=C(CCCS)NCCCCNC(=O)C1=CC(c2ccc(F)cc2)=CNC1. The molecule has 0 bridgehead atoms. The molecule has 0 atom stereocenters. The summed E-state index contributed by atoms with van der Waals surface area (Å²) in [6, 6.07) is 6.17. The maximum Gasteiger partial charge on any atom is 0.249 e. The smallest absolute Gasteiger partial charge is 0.249 e. The van der Waals surface area contributed by atoms with E-state index in [-0.39, 0.29) is 17.6 Å². The minimum Gasteiger partial charge on any atom is -0.386 e. The van der Waals surface area contributed by atoms with E-state index >= 15 is 0 Å². The Balaban J connectivity index is 1.70. The van der Waals surface area contributed by atoms with E-state index in [0.717, 1.165) is 30.4 Å². The molecule has 3 N–H and O–H groups in total. The zero-order valence-corrected chi connectivity index (χ0v) is 16.2. The van der Waals surface area contributed by atoms with Gasteiger partial charge in [-0.2, -0.15) is 12.6 Å². The van der Waals surface area contributed by atoms with E-state index in [4.69, 9.17) is 0 Å². The number of unbranched alkanes of at least 4 members (excludes halogenated alkanes) is 1. The third kappa shape index (κ3) is 7.46. The minimum atomic E-state index is -0.289. The van der Waals surface area contributed by atoms with Crippen LogP contribution in [0.1, 0.15) is 31.2 Å². The number of halogens is 1. The molecule has 0 fully saturated rings.